The monoisotopic (exact) mass is 446 g/mol. The number of rotatable bonds is 10. The molecule has 0 saturated heterocycles. The Morgan fingerprint density at radius 2 is 1.80 bits per heavy atom. The Labute approximate surface area is 189 Å². The van der Waals surface area contributed by atoms with Gasteiger partial charge in [0.2, 0.25) is 11.8 Å². The number of amides is 2. The lowest BCUT2D eigenvalue weighted by molar-refractivity contribution is -0.138. The van der Waals surface area contributed by atoms with Gasteiger partial charge in [0.25, 0.3) is 0 Å². The van der Waals surface area contributed by atoms with Crippen molar-refractivity contribution in [1.82, 2.24) is 10.2 Å². The summed E-state index contributed by atoms with van der Waals surface area (Å²) < 4.78 is 0. The fourth-order valence-electron chi connectivity index (χ4n) is 3.02. The highest BCUT2D eigenvalue weighted by Crippen LogP contribution is 2.19. The topological polar surface area (TPSA) is 49.4 Å². The largest absolute Gasteiger partial charge is 0.352 e. The Morgan fingerprint density at radius 1 is 1.10 bits per heavy atom. The second-order valence-electron chi connectivity index (χ2n) is 7.63. The number of thioether (sulfide) groups is 1. The SMILES string of the molecule is CC[C@H](C)NC(=O)[C@@H](C)N(Cc1cccc(C)c1)C(=O)CSCc1cccc(Cl)c1. The lowest BCUT2D eigenvalue weighted by Crippen LogP contribution is -2.50. The van der Waals surface area contributed by atoms with Gasteiger partial charge in [-0.25, -0.2) is 0 Å². The minimum atomic E-state index is -0.543. The molecule has 162 valence electrons. The molecule has 0 aliphatic carbocycles. The first-order valence-corrected chi connectivity index (χ1v) is 11.8. The molecule has 0 saturated carbocycles. The van der Waals surface area contributed by atoms with Crippen molar-refractivity contribution in [1.29, 1.82) is 0 Å². The van der Waals surface area contributed by atoms with Gasteiger partial charge in [0, 0.05) is 23.4 Å². The van der Waals surface area contributed by atoms with E-state index in [-0.39, 0.29) is 17.9 Å². The average molecular weight is 447 g/mol. The summed E-state index contributed by atoms with van der Waals surface area (Å²) in [5.41, 5.74) is 3.23. The van der Waals surface area contributed by atoms with Gasteiger partial charge in [-0.15, -0.1) is 11.8 Å². The lowest BCUT2D eigenvalue weighted by Gasteiger charge is -2.29. The first kappa shape index (κ1) is 24.3. The van der Waals surface area contributed by atoms with Crippen LogP contribution in [0.1, 0.15) is 43.9 Å². The van der Waals surface area contributed by atoms with Crippen LogP contribution >= 0.6 is 23.4 Å². The van der Waals surface area contributed by atoms with E-state index in [1.807, 2.05) is 63.2 Å². The van der Waals surface area contributed by atoms with Crippen molar-refractivity contribution in [2.75, 3.05) is 5.75 Å². The predicted octanol–water partition coefficient (Wildman–Crippen LogP) is 5.21. The van der Waals surface area contributed by atoms with Gasteiger partial charge in [-0.3, -0.25) is 9.59 Å². The Morgan fingerprint density at radius 3 is 2.47 bits per heavy atom. The summed E-state index contributed by atoms with van der Waals surface area (Å²) in [6.45, 7) is 8.23. The molecule has 0 aliphatic rings. The van der Waals surface area contributed by atoms with Gasteiger partial charge in [-0.2, -0.15) is 0 Å². The van der Waals surface area contributed by atoms with Crippen molar-refractivity contribution >= 4 is 35.2 Å². The van der Waals surface area contributed by atoms with E-state index in [4.69, 9.17) is 11.6 Å². The van der Waals surface area contributed by atoms with Crippen LogP contribution < -0.4 is 5.32 Å². The van der Waals surface area contributed by atoms with Gasteiger partial charge in [0.05, 0.1) is 5.75 Å². The summed E-state index contributed by atoms with van der Waals surface area (Å²) in [7, 11) is 0. The number of nitrogens with one attached hydrogen (secondary N) is 1. The highest BCUT2D eigenvalue weighted by atomic mass is 35.5. The Balaban J connectivity index is 2.08. The van der Waals surface area contributed by atoms with E-state index in [0.29, 0.717) is 23.1 Å². The molecule has 2 atom stereocenters. The first-order valence-electron chi connectivity index (χ1n) is 10.3. The van der Waals surface area contributed by atoms with Gasteiger partial charge < -0.3 is 10.2 Å². The highest BCUT2D eigenvalue weighted by molar-refractivity contribution is 7.99. The number of carbonyl (C=O) groups excluding carboxylic acids is 2. The third-order valence-electron chi connectivity index (χ3n) is 4.99. The molecule has 2 aromatic carbocycles. The van der Waals surface area contributed by atoms with Gasteiger partial charge in [-0.1, -0.05) is 60.5 Å². The second-order valence-corrected chi connectivity index (χ2v) is 9.05. The fraction of sp³-hybridized carbons (Fsp3) is 0.417. The minimum absolute atomic E-state index is 0.0460. The van der Waals surface area contributed by atoms with Crippen LogP contribution in [0.5, 0.6) is 0 Å². The molecule has 6 heteroatoms. The van der Waals surface area contributed by atoms with Crippen molar-refractivity contribution in [2.45, 2.75) is 58.5 Å². The van der Waals surface area contributed by atoms with E-state index in [1.165, 1.54) is 11.8 Å². The number of nitrogens with zero attached hydrogens (tertiary/aromatic N) is 1. The number of benzene rings is 2. The van der Waals surface area contributed by atoms with Gasteiger partial charge in [0.15, 0.2) is 0 Å². The van der Waals surface area contributed by atoms with Crippen LogP contribution in [0.15, 0.2) is 48.5 Å². The number of hydrogen-bond donors (Lipinski definition) is 1. The quantitative estimate of drug-likeness (QED) is 0.544. The molecule has 0 spiro atoms. The van der Waals surface area contributed by atoms with Crippen LogP contribution in [-0.2, 0) is 21.9 Å². The zero-order chi connectivity index (χ0) is 22.1. The molecule has 0 aliphatic heterocycles. The van der Waals surface area contributed by atoms with Crippen molar-refractivity contribution in [3.05, 3.63) is 70.2 Å². The van der Waals surface area contributed by atoms with E-state index in [9.17, 15) is 9.59 Å². The molecule has 0 heterocycles. The van der Waals surface area contributed by atoms with Crippen LogP contribution in [0.2, 0.25) is 5.02 Å². The Bertz CT molecular complexity index is 859. The minimum Gasteiger partial charge on any atom is -0.352 e. The molecule has 0 radical (unpaired) electrons. The van der Waals surface area contributed by atoms with Gasteiger partial charge >= 0.3 is 0 Å². The van der Waals surface area contributed by atoms with E-state index in [1.54, 1.807) is 11.8 Å². The normalized spacial score (nSPS) is 12.8. The molecule has 1 N–H and O–H groups in total. The van der Waals surface area contributed by atoms with Crippen LogP contribution in [0.4, 0.5) is 0 Å². The molecule has 4 nitrogen and oxygen atoms in total. The predicted molar refractivity (Wildman–Crippen MR) is 127 cm³/mol. The zero-order valence-corrected chi connectivity index (χ0v) is 19.7. The number of carbonyl (C=O) groups is 2. The van der Waals surface area contributed by atoms with Crippen LogP contribution in [-0.4, -0.2) is 34.6 Å². The maximum atomic E-state index is 13.1. The molecule has 0 unspecified atom stereocenters. The first-order chi connectivity index (χ1) is 14.3. The fourth-order valence-corrected chi connectivity index (χ4v) is 4.09. The molecule has 2 aromatic rings. The molecular formula is C24H31ClN2O2S. The summed E-state index contributed by atoms with van der Waals surface area (Å²) >= 11 is 7.57. The van der Waals surface area contributed by atoms with Crippen LogP contribution in [0, 0.1) is 6.92 Å². The lowest BCUT2D eigenvalue weighted by atomic mass is 10.1. The van der Waals surface area contributed by atoms with E-state index >= 15 is 0 Å². The van der Waals surface area contributed by atoms with Crippen molar-refractivity contribution in [2.24, 2.45) is 0 Å². The Kier molecular flexibility index (Phi) is 9.73. The summed E-state index contributed by atoms with van der Waals surface area (Å²) in [6.07, 6.45) is 0.847. The van der Waals surface area contributed by atoms with Crippen molar-refractivity contribution in [3.8, 4) is 0 Å². The summed E-state index contributed by atoms with van der Waals surface area (Å²) in [5.74, 6) is 0.831. The van der Waals surface area contributed by atoms with Gasteiger partial charge in [-0.05, 0) is 50.5 Å². The maximum absolute atomic E-state index is 13.1. The number of aryl methyl sites for hydroxylation is 1. The van der Waals surface area contributed by atoms with Crippen LogP contribution in [0.25, 0.3) is 0 Å². The van der Waals surface area contributed by atoms with Gasteiger partial charge in [0.1, 0.15) is 6.04 Å². The molecule has 0 fully saturated rings. The molecule has 0 bridgehead atoms. The van der Waals surface area contributed by atoms with E-state index < -0.39 is 6.04 Å². The van der Waals surface area contributed by atoms with Crippen molar-refractivity contribution in [3.63, 3.8) is 0 Å². The Hall–Kier alpha value is -1.98. The average Bonchev–Trinajstić information content (AvgIpc) is 2.71. The highest BCUT2D eigenvalue weighted by Gasteiger charge is 2.26. The van der Waals surface area contributed by atoms with Crippen molar-refractivity contribution < 1.29 is 9.59 Å². The number of hydrogen-bond acceptors (Lipinski definition) is 3. The third kappa shape index (κ3) is 7.69. The summed E-state index contributed by atoms with van der Waals surface area (Å²) in [5, 5.41) is 3.69. The van der Waals surface area contributed by atoms with E-state index in [0.717, 1.165) is 23.1 Å². The van der Waals surface area contributed by atoms with E-state index in [2.05, 4.69) is 11.4 Å². The smallest absolute Gasteiger partial charge is 0.242 e. The molecule has 2 rings (SSSR count). The molecular weight excluding hydrogens is 416 g/mol. The third-order valence-corrected chi connectivity index (χ3v) is 6.21. The zero-order valence-electron chi connectivity index (χ0n) is 18.2. The van der Waals surface area contributed by atoms with Crippen LogP contribution in [0.3, 0.4) is 0 Å². The standard InChI is InChI=1S/C24H31ClN2O2S/c1-5-18(3)26-24(29)19(4)27(14-20-9-6-8-17(2)12-20)23(28)16-30-15-21-10-7-11-22(25)13-21/h6-13,18-19H,5,14-16H2,1-4H3,(H,26,29)/t18-,19+/m0/s1. The second kappa shape index (κ2) is 12.0. The molecule has 30 heavy (non-hydrogen) atoms. The maximum Gasteiger partial charge on any atom is 0.242 e. The number of halogens is 1. The molecule has 0 aromatic heterocycles. The summed E-state index contributed by atoms with van der Waals surface area (Å²) in [6, 6.07) is 15.2. The molecule has 2 amide bonds. The summed E-state index contributed by atoms with van der Waals surface area (Å²) in [4.78, 5) is 27.5.